The first kappa shape index (κ1) is 14.4. The van der Waals surface area contributed by atoms with Crippen molar-refractivity contribution in [1.29, 1.82) is 0 Å². The van der Waals surface area contributed by atoms with Crippen LogP contribution in [0, 0.1) is 15.9 Å². The van der Waals surface area contributed by atoms with Crippen molar-refractivity contribution in [2.75, 3.05) is 12.0 Å². The quantitative estimate of drug-likeness (QED) is 0.659. The summed E-state index contributed by atoms with van der Waals surface area (Å²) in [4.78, 5) is 21.9. The molecule has 1 rings (SSSR count). The molecule has 0 bridgehead atoms. The number of carbonyl (C=O) groups is 1. The van der Waals surface area contributed by atoms with Gasteiger partial charge in [0.2, 0.25) is 0 Å². The smallest absolute Gasteiger partial charge is 0.282 e. The molecule has 1 unspecified atom stereocenters. The van der Waals surface area contributed by atoms with Crippen LogP contribution in [0.2, 0.25) is 0 Å². The first-order valence-corrected chi connectivity index (χ1v) is 6.58. The van der Waals surface area contributed by atoms with Crippen LogP contribution >= 0.6 is 11.8 Å². The standard InChI is InChI=1S/C11H13FN2O3S/c1-7(6-18-2)13-11(15)9-5-8(12)3-4-10(9)14(16)17/h3-5,7H,6H2,1-2H3,(H,13,15). The number of hydrogen-bond acceptors (Lipinski definition) is 4. The van der Waals surface area contributed by atoms with Gasteiger partial charge in [0.15, 0.2) is 0 Å². The maximum Gasteiger partial charge on any atom is 0.282 e. The van der Waals surface area contributed by atoms with Gasteiger partial charge in [-0.3, -0.25) is 14.9 Å². The number of amides is 1. The van der Waals surface area contributed by atoms with Crippen molar-refractivity contribution >= 4 is 23.4 Å². The average molecular weight is 272 g/mol. The molecule has 0 aromatic heterocycles. The van der Waals surface area contributed by atoms with Crippen LogP contribution in [0.4, 0.5) is 10.1 Å². The number of halogens is 1. The van der Waals surface area contributed by atoms with Crippen LogP contribution in [0.1, 0.15) is 17.3 Å². The maximum atomic E-state index is 13.0. The zero-order valence-corrected chi connectivity index (χ0v) is 10.8. The third-order valence-electron chi connectivity index (χ3n) is 2.19. The Hall–Kier alpha value is -1.63. The monoisotopic (exact) mass is 272 g/mol. The van der Waals surface area contributed by atoms with E-state index in [1.807, 2.05) is 6.26 Å². The van der Waals surface area contributed by atoms with E-state index in [2.05, 4.69) is 5.32 Å². The van der Waals surface area contributed by atoms with Crippen LogP contribution in [-0.2, 0) is 0 Å². The van der Waals surface area contributed by atoms with Gasteiger partial charge in [-0.25, -0.2) is 4.39 Å². The summed E-state index contributed by atoms with van der Waals surface area (Å²) in [5, 5.41) is 13.3. The molecular weight excluding hydrogens is 259 g/mol. The van der Waals surface area contributed by atoms with Crippen LogP contribution in [-0.4, -0.2) is 28.9 Å². The van der Waals surface area contributed by atoms with E-state index in [0.29, 0.717) is 5.75 Å². The number of benzene rings is 1. The van der Waals surface area contributed by atoms with Crippen molar-refractivity contribution in [1.82, 2.24) is 5.32 Å². The molecular formula is C11H13FN2O3S. The zero-order chi connectivity index (χ0) is 13.7. The van der Waals surface area contributed by atoms with Crippen LogP contribution in [0.3, 0.4) is 0 Å². The van der Waals surface area contributed by atoms with Crippen molar-refractivity contribution in [2.24, 2.45) is 0 Å². The third-order valence-corrected chi connectivity index (χ3v) is 3.03. The molecule has 0 spiro atoms. The Kier molecular flexibility index (Phi) is 5.08. The lowest BCUT2D eigenvalue weighted by Gasteiger charge is -2.12. The second kappa shape index (κ2) is 6.34. The Balaban J connectivity index is 2.97. The number of carbonyl (C=O) groups excluding carboxylic acids is 1. The molecule has 7 heteroatoms. The number of hydrogen-bond donors (Lipinski definition) is 1. The van der Waals surface area contributed by atoms with E-state index in [1.165, 1.54) is 11.8 Å². The van der Waals surface area contributed by atoms with Gasteiger partial charge in [-0.05, 0) is 25.3 Å². The van der Waals surface area contributed by atoms with E-state index in [0.717, 1.165) is 18.2 Å². The van der Waals surface area contributed by atoms with Gasteiger partial charge in [-0.1, -0.05) is 0 Å². The molecule has 0 aliphatic carbocycles. The summed E-state index contributed by atoms with van der Waals surface area (Å²) in [6.45, 7) is 1.78. The molecule has 0 saturated heterocycles. The lowest BCUT2D eigenvalue weighted by atomic mass is 10.1. The lowest BCUT2D eigenvalue weighted by molar-refractivity contribution is -0.385. The van der Waals surface area contributed by atoms with Gasteiger partial charge in [-0.15, -0.1) is 0 Å². The number of rotatable bonds is 5. The fourth-order valence-corrected chi connectivity index (χ4v) is 2.03. The SMILES string of the molecule is CSCC(C)NC(=O)c1cc(F)ccc1[N+](=O)[O-]. The van der Waals surface area contributed by atoms with Gasteiger partial charge in [0.25, 0.3) is 11.6 Å². The molecule has 98 valence electrons. The van der Waals surface area contributed by atoms with Crippen LogP contribution < -0.4 is 5.32 Å². The number of thioether (sulfide) groups is 1. The molecule has 0 aliphatic rings. The summed E-state index contributed by atoms with van der Waals surface area (Å²) < 4.78 is 13.0. The molecule has 0 aliphatic heterocycles. The fourth-order valence-electron chi connectivity index (χ4n) is 1.44. The van der Waals surface area contributed by atoms with Crippen molar-refractivity contribution in [3.63, 3.8) is 0 Å². The highest BCUT2D eigenvalue weighted by molar-refractivity contribution is 7.98. The lowest BCUT2D eigenvalue weighted by Crippen LogP contribution is -2.34. The molecule has 1 amide bonds. The van der Waals surface area contributed by atoms with Crippen LogP contribution in [0.5, 0.6) is 0 Å². The minimum Gasteiger partial charge on any atom is -0.349 e. The second-order valence-corrected chi connectivity index (χ2v) is 4.66. The molecule has 1 aromatic rings. The first-order chi connectivity index (χ1) is 8.45. The van der Waals surface area contributed by atoms with E-state index in [9.17, 15) is 19.3 Å². The van der Waals surface area contributed by atoms with Crippen LogP contribution in [0.15, 0.2) is 18.2 Å². The molecule has 1 N–H and O–H groups in total. The Bertz CT molecular complexity index is 468. The molecule has 18 heavy (non-hydrogen) atoms. The molecule has 0 saturated carbocycles. The Morgan fingerprint density at radius 1 is 1.61 bits per heavy atom. The van der Waals surface area contributed by atoms with Gasteiger partial charge >= 0.3 is 0 Å². The van der Waals surface area contributed by atoms with Gasteiger partial charge in [0.1, 0.15) is 11.4 Å². The summed E-state index contributed by atoms with van der Waals surface area (Å²) >= 11 is 1.54. The van der Waals surface area contributed by atoms with E-state index in [-0.39, 0.29) is 11.6 Å². The highest BCUT2D eigenvalue weighted by Gasteiger charge is 2.21. The molecule has 5 nitrogen and oxygen atoms in total. The normalized spacial score (nSPS) is 11.9. The summed E-state index contributed by atoms with van der Waals surface area (Å²) in [7, 11) is 0. The van der Waals surface area contributed by atoms with E-state index >= 15 is 0 Å². The number of nitro benzene ring substituents is 1. The minimum absolute atomic E-state index is 0.143. The highest BCUT2D eigenvalue weighted by atomic mass is 32.2. The summed E-state index contributed by atoms with van der Waals surface area (Å²) in [5.41, 5.74) is -0.654. The Labute approximate surface area is 108 Å². The van der Waals surface area contributed by atoms with Crippen molar-refractivity contribution in [3.05, 3.63) is 39.7 Å². The van der Waals surface area contributed by atoms with E-state index in [1.54, 1.807) is 6.92 Å². The minimum atomic E-state index is -0.701. The summed E-state index contributed by atoms with van der Waals surface area (Å²) in [6, 6.07) is 2.68. The summed E-state index contributed by atoms with van der Waals surface area (Å²) in [6.07, 6.45) is 1.88. The van der Waals surface area contributed by atoms with Crippen molar-refractivity contribution in [2.45, 2.75) is 13.0 Å². The number of nitrogens with one attached hydrogen (secondary N) is 1. The third kappa shape index (κ3) is 3.69. The number of nitro groups is 1. The highest BCUT2D eigenvalue weighted by Crippen LogP contribution is 2.19. The van der Waals surface area contributed by atoms with Gasteiger partial charge in [0, 0.05) is 17.9 Å². The van der Waals surface area contributed by atoms with Gasteiger partial charge in [-0.2, -0.15) is 11.8 Å². The largest absolute Gasteiger partial charge is 0.349 e. The molecule has 0 fully saturated rings. The van der Waals surface area contributed by atoms with Crippen molar-refractivity contribution in [3.8, 4) is 0 Å². The Morgan fingerprint density at radius 3 is 2.83 bits per heavy atom. The van der Waals surface area contributed by atoms with Crippen LogP contribution in [0.25, 0.3) is 0 Å². The second-order valence-electron chi connectivity index (χ2n) is 3.75. The molecule has 0 heterocycles. The maximum absolute atomic E-state index is 13.0. The van der Waals surface area contributed by atoms with E-state index in [4.69, 9.17) is 0 Å². The number of nitrogens with zero attached hydrogens (tertiary/aromatic N) is 1. The fraction of sp³-hybridized carbons (Fsp3) is 0.364. The Morgan fingerprint density at radius 2 is 2.28 bits per heavy atom. The summed E-state index contributed by atoms with van der Waals surface area (Å²) in [5.74, 6) is -0.638. The van der Waals surface area contributed by atoms with Crippen molar-refractivity contribution < 1.29 is 14.1 Å². The predicted octanol–water partition coefficient (Wildman–Crippen LogP) is 2.22. The topological polar surface area (TPSA) is 72.2 Å². The zero-order valence-electron chi connectivity index (χ0n) is 9.97. The van der Waals surface area contributed by atoms with E-state index < -0.39 is 22.3 Å². The molecule has 1 aromatic carbocycles. The first-order valence-electron chi connectivity index (χ1n) is 5.19. The average Bonchev–Trinajstić information content (AvgIpc) is 2.28. The van der Waals surface area contributed by atoms with Gasteiger partial charge < -0.3 is 5.32 Å². The predicted molar refractivity (Wildman–Crippen MR) is 68.4 cm³/mol. The molecule has 0 radical (unpaired) electrons. The molecule has 1 atom stereocenters. The van der Waals surface area contributed by atoms with Gasteiger partial charge in [0.05, 0.1) is 4.92 Å².